The topological polar surface area (TPSA) is 43.3 Å². The van der Waals surface area contributed by atoms with Gasteiger partial charge in [0.25, 0.3) is 0 Å². The molecule has 0 bridgehead atoms. The van der Waals surface area contributed by atoms with Crippen LogP contribution in [0.2, 0.25) is 0 Å². The van der Waals surface area contributed by atoms with Crippen molar-refractivity contribution in [1.82, 2.24) is 14.4 Å². The van der Waals surface area contributed by atoms with E-state index in [9.17, 15) is 0 Å². The second kappa shape index (κ2) is 7.17. The third-order valence-electron chi connectivity index (χ3n) is 7.93. The fraction of sp³-hybridized carbons (Fsp3) is 0.0909. The van der Waals surface area contributed by atoms with Gasteiger partial charge in [0.15, 0.2) is 0 Å². The highest BCUT2D eigenvalue weighted by Crippen LogP contribution is 2.50. The molecule has 1 aliphatic rings. The number of hydrogen-bond donors (Lipinski definition) is 0. The van der Waals surface area contributed by atoms with Crippen LogP contribution in [-0.2, 0) is 5.41 Å². The number of furan rings is 1. The van der Waals surface area contributed by atoms with Gasteiger partial charge < -0.3 is 4.42 Å². The molecule has 0 N–H and O–H groups in total. The molecule has 4 nitrogen and oxygen atoms in total. The number of fused-ring (bicyclic) bond motifs is 8. The van der Waals surface area contributed by atoms with Gasteiger partial charge in [-0.3, -0.25) is 9.38 Å². The van der Waals surface area contributed by atoms with Crippen LogP contribution in [-0.4, -0.2) is 14.4 Å². The Morgan fingerprint density at radius 1 is 0.730 bits per heavy atom. The van der Waals surface area contributed by atoms with Crippen LogP contribution in [0.5, 0.6) is 0 Å². The van der Waals surface area contributed by atoms with Gasteiger partial charge >= 0.3 is 0 Å². The number of para-hydroxylation sites is 1. The predicted octanol–water partition coefficient (Wildman–Crippen LogP) is 8.27. The van der Waals surface area contributed by atoms with E-state index in [4.69, 9.17) is 9.40 Å². The average molecular weight is 478 g/mol. The third kappa shape index (κ3) is 2.84. The first kappa shape index (κ1) is 20.5. The molecule has 8 rings (SSSR count). The Bertz CT molecular complexity index is 2010. The van der Waals surface area contributed by atoms with Crippen molar-refractivity contribution in [3.8, 4) is 33.4 Å². The van der Waals surface area contributed by atoms with Gasteiger partial charge in [-0.2, -0.15) is 0 Å². The number of benzene rings is 3. The number of imidazole rings is 1. The van der Waals surface area contributed by atoms with Gasteiger partial charge in [-0.05, 0) is 87.0 Å². The minimum absolute atomic E-state index is 0.107. The van der Waals surface area contributed by atoms with Crippen molar-refractivity contribution in [2.45, 2.75) is 19.3 Å². The molecule has 0 spiro atoms. The molecule has 0 fully saturated rings. The number of pyridine rings is 2. The fourth-order valence-electron chi connectivity index (χ4n) is 5.95. The molecule has 0 atom stereocenters. The van der Waals surface area contributed by atoms with Crippen molar-refractivity contribution in [2.24, 2.45) is 0 Å². The zero-order valence-corrected chi connectivity index (χ0v) is 20.6. The molecule has 1 aliphatic carbocycles. The predicted molar refractivity (Wildman–Crippen MR) is 149 cm³/mol. The number of aromatic nitrogens is 3. The molecule has 0 aliphatic heterocycles. The van der Waals surface area contributed by atoms with Gasteiger partial charge in [0.1, 0.15) is 16.7 Å². The molecule has 37 heavy (non-hydrogen) atoms. The standard InChI is InChI=1S/C33H23N3O/c1-33(2)27-16-20(22-6-5-15-34-18-22)9-12-24(27)25-13-10-21(17-28(25)33)23-11-14-30-35-31-26-7-3-4-8-29(26)37-32(31)36(30)19-23/h3-19H,1-2H3. The minimum Gasteiger partial charge on any atom is -0.437 e. The Morgan fingerprint density at radius 2 is 1.46 bits per heavy atom. The van der Waals surface area contributed by atoms with Gasteiger partial charge in [-0.25, -0.2) is 4.98 Å². The zero-order valence-electron chi connectivity index (χ0n) is 20.6. The summed E-state index contributed by atoms with van der Waals surface area (Å²) in [7, 11) is 0. The summed E-state index contributed by atoms with van der Waals surface area (Å²) >= 11 is 0. The van der Waals surface area contributed by atoms with Crippen LogP contribution in [0.1, 0.15) is 25.0 Å². The lowest BCUT2D eigenvalue weighted by atomic mass is 9.81. The fourth-order valence-corrected chi connectivity index (χ4v) is 5.95. The maximum Gasteiger partial charge on any atom is 0.232 e. The van der Waals surface area contributed by atoms with Crippen LogP contribution in [0.15, 0.2) is 108 Å². The van der Waals surface area contributed by atoms with Crippen LogP contribution in [0, 0.1) is 0 Å². The molecule has 3 aromatic carbocycles. The smallest absolute Gasteiger partial charge is 0.232 e. The van der Waals surface area contributed by atoms with E-state index in [-0.39, 0.29) is 5.41 Å². The highest BCUT2D eigenvalue weighted by molar-refractivity contribution is 6.03. The molecule has 176 valence electrons. The van der Waals surface area contributed by atoms with Crippen molar-refractivity contribution in [3.63, 3.8) is 0 Å². The van der Waals surface area contributed by atoms with E-state index in [1.807, 2.05) is 36.7 Å². The first-order valence-electron chi connectivity index (χ1n) is 12.6. The summed E-state index contributed by atoms with van der Waals surface area (Å²) < 4.78 is 8.26. The van der Waals surface area contributed by atoms with Gasteiger partial charge in [0, 0.05) is 29.4 Å². The van der Waals surface area contributed by atoms with Gasteiger partial charge in [-0.1, -0.05) is 56.3 Å². The normalized spacial score (nSPS) is 13.9. The Labute approximate surface area is 213 Å². The van der Waals surface area contributed by atoms with Crippen LogP contribution in [0.3, 0.4) is 0 Å². The summed E-state index contributed by atoms with van der Waals surface area (Å²) in [5.74, 6) is 0. The van der Waals surface area contributed by atoms with Crippen LogP contribution in [0.25, 0.3) is 61.2 Å². The molecule has 0 saturated heterocycles. The number of rotatable bonds is 2. The Hall–Kier alpha value is -4.70. The molecular formula is C33H23N3O. The van der Waals surface area contributed by atoms with Crippen molar-refractivity contribution in [1.29, 1.82) is 0 Å². The molecule has 7 aromatic rings. The summed E-state index contributed by atoms with van der Waals surface area (Å²) in [5.41, 5.74) is 13.3. The van der Waals surface area contributed by atoms with E-state index < -0.39 is 0 Å². The summed E-state index contributed by atoms with van der Waals surface area (Å²) in [6.45, 7) is 4.65. The zero-order chi connectivity index (χ0) is 24.7. The minimum atomic E-state index is -0.107. The molecule has 4 heterocycles. The maximum absolute atomic E-state index is 6.19. The number of nitrogens with zero attached hydrogens (tertiary/aromatic N) is 3. The van der Waals surface area contributed by atoms with Crippen molar-refractivity contribution in [3.05, 3.63) is 115 Å². The second-order valence-corrected chi connectivity index (χ2v) is 10.4. The Morgan fingerprint density at radius 3 is 2.22 bits per heavy atom. The maximum atomic E-state index is 6.19. The second-order valence-electron chi connectivity index (χ2n) is 10.4. The molecule has 4 heteroatoms. The average Bonchev–Trinajstić information content (AvgIpc) is 3.55. The molecular weight excluding hydrogens is 454 g/mol. The monoisotopic (exact) mass is 477 g/mol. The van der Waals surface area contributed by atoms with E-state index >= 15 is 0 Å². The summed E-state index contributed by atoms with van der Waals surface area (Å²) in [5, 5.41) is 1.05. The van der Waals surface area contributed by atoms with E-state index in [0.717, 1.165) is 39.0 Å². The van der Waals surface area contributed by atoms with Gasteiger partial charge in [0.2, 0.25) is 5.71 Å². The van der Waals surface area contributed by atoms with Crippen molar-refractivity contribution < 1.29 is 4.42 Å². The molecule has 0 unspecified atom stereocenters. The van der Waals surface area contributed by atoms with E-state index in [0.29, 0.717) is 0 Å². The van der Waals surface area contributed by atoms with Gasteiger partial charge in [0.05, 0.1) is 0 Å². The highest BCUT2D eigenvalue weighted by atomic mass is 16.3. The Balaban J connectivity index is 1.25. The SMILES string of the molecule is CC1(C)c2cc(-c3cccnc3)ccc2-c2ccc(-c3ccc4nc5c6ccccc6oc5n4c3)cc21. The van der Waals surface area contributed by atoms with Crippen molar-refractivity contribution in [2.75, 3.05) is 0 Å². The lowest BCUT2D eigenvalue weighted by Gasteiger charge is -2.22. The molecule has 0 amide bonds. The van der Waals surface area contributed by atoms with Crippen LogP contribution < -0.4 is 0 Å². The quantitative estimate of drug-likeness (QED) is 0.252. The van der Waals surface area contributed by atoms with E-state index in [2.05, 4.69) is 90.1 Å². The number of hydrogen-bond acceptors (Lipinski definition) is 3. The Kier molecular flexibility index (Phi) is 3.97. The van der Waals surface area contributed by atoms with E-state index in [1.54, 1.807) is 0 Å². The lowest BCUT2D eigenvalue weighted by molar-refractivity contribution is 0.649. The largest absolute Gasteiger partial charge is 0.437 e. The summed E-state index contributed by atoms with van der Waals surface area (Å²) in [4.78, 5) is 9.16. The molecule has 0 radical (unpaired) electrons. The molecule has 4 aromatic heterocycles. The van der Waals surface area contributed by atoms with Crippen LogP contribution in [0.4, 0.5) is 0 Å². The third-order valence-corrected chi connectivity index (χ3v) is 7.93. The van der Waals surface area contributed by atoms with E-state index in [1.165, 1.54) is 33.4 Å². The summed E-state index contributed by atoms with van der Waals surface area (Å²) in [6.07, 6.45) is 5.89. The van der Waals surface area contributed by atoms with Crippen molar-refractivity contribution >= 4 is 27.8 Å². The lowest BCUT2D eigenvalue weighted by Crippen LogP contribution is -2.15. The first-order chi connectivity index (χ1) is 18.1. The van der Waals surface area contributed by atoms with Crippen LogP contribution >= 0.6 is 0 Å². The summed E-state index contributed by atoms with van der Waals surface area (Å²) in [6, 6.07) is 30.1. The molecule has 0 saturated carbocycles. The van der Waals surface area contributed by atoms with Gasteiger partial charge in [-0.15, -0.1) is 0 Å². The highest BCUT2D eigenvalue weighted by Gasteiger charge is 2.35. The first-order valence-corrected chi connectivity index (χ1v) is 12.6.